The maximum atomic E-state index is 13.0. The number of hydrogen-bond donors (Lipinski definition) is 3. The molecule has 2 rings (SSSR count). The van der Waals surface area contributed by atoms with Gasteiger partial charge in [-0.15, -0.1) is 0 Å². The Bertz CT molecular complexity index is 589. The number of nitrogens with zero attached hydrogens (tertiary/aromatic N) is 2. The summed E-state index contributed by atoms with van der Waals surface area (Å²) in [7, 11) is 0. The van der Waals surface area contributed by atoms with Crippen LogP contribution in [0.25, 0.3) is 0 Å². The van der Waals surface area contributed by atoms with Gasteiger partial charge in [0.1, 0.15) is 5.82 Å². The third-order valence-corrected chi connectivity index (χ3v) is 3.13. The van der Waals surface area contributed by atoms with E-state index in [1.165, 1.54) is 18.2 Å². The molecule has 3 N–H and O–H groups in total. The first-order valence-corrected chi connectivity index (χ1v) is 7.06. The number of aromatic nitrogens is 2. The normalized spacial score (nSPS) is 11.9. The number of aryl methyl sites for hydroxylation is 1. The van der Waals surface area contributed by atoms with Crippen LogP contribution in [0.1, 0.15) is 18.1 Å². The Balaban J connectivity index is 1.62. The standard InChI is InChI=1S/C15H19FN4O2/c16-13-4-1-3-12(9-13)14(21)10-19-15(22)18-5-2-7-20-8-6-17-11-20/h1,3-4,6,8-9,11,14,21H,2,5,7,10H2,(H2,18,19,22)/t14-/m0/s1. The molecule has 0 radical (unpaired) electrons. The van der Waals surface area contributed by atoms with Crippen LogP contribution in [0.4, 0.5) is 9.18 Å². The van der Waals surface area contributed by atoms with Gasteiger partial charge < -0.3 is 20.3 Å². The van der Waals surface area contributed by atoms with Crippen molar-refractivity contribution in [2.24, 2.45) is 0 Å². The van der Waals surface area contributed by atoms with Gasteiger partial charge >= 0.3 is 6.03 Å². The van der Waals surface area contributed by atoms with Crippen molar-refractivity contribution in [1.29, 1.82) is 0 Å². The highest BCUT2D eigenvalue weighted by Crippen LogP contribution is 2.12. The first-order chi connectivity index (χ1) is 10.6. The number of benzene rings is 1. The summed E-state index contributed by atoms with van der Waals surface area (Å²) >= 11 is 0. The van der Waals surface area contributed by atoms with Gasteiger partial charge in [-0.3, -0.25) is 0 Å². The average molecular weight is 306 g/mol. The quantitative estimate of drug-likeness (QED) is 0.677. The van der Waals surface area contributed by atoms with E-state index < -0.39 is 11.9 Å². The molecule has 6 nitrogen and oxygen atoms in total. The molecule has 1 atom stereocenters. The lowest BCUT2D eigenvalue weighted by molar-refractivity contribution is 0.172. The van der Waals surface area contributed by atoms with E-state index in [-0.39, 0.29) is 12.6 Å². The smallest absolute Gasteiger partial charge is 0.314 e. The molecule has 118 valence electrons. The Morgan fingerprint density at radius 2 is 2.27 bits per heavy atom. The average Bonchev–Trinajstić information content (AvgIpc) is 3.02. The van der Waals surface area contributed by atoms with Crippen LogP contribution in [0.2, 0.25) is 0 Å². The monoisotopic (exact) mass is 306 g/mol. The molecular weight excluding hydrogens is 287 g/mol. The number of urea groups is 1. The van der Waals surface area contributed by atoms with Crippen molar-refractivity contribution >= 4 is 6.03 Å². The highest BCUT2D eigenvalue weighted by Gasteiger charge is 2.09. The zero-order valence-electron chi connectivity index (χ0n) is 12.1. The Hall–Kier alpha value is -2.41. The minimum Gasteiger partial charge on any atom is -0.387 e. The topological polar surface area (TPSA) is 79.2 Å². The van der Waals surface area contributed by atoms with Crippen LogP contribution in [0.3, 0.4) is 0 Å². The fourth-order valence-corrected chi connectivity index (χ4v) is 1.97. The Morgan fingerprint density at radius 1 is 1.41 bits per heavy atom. The fraction of sp³-hybridized carbons (Fsp3) is 0.333. The molecule has 22 heavy (non-hydrogen) atoms. The van der Waals surface area contributed by atoms with Gasteiger partial charge in [0.25, 0.3) is 0 Å². The number of rotatable bonds is 7. The summed E-state index contributed by atoms with van der Waals surface area (Å²) in [4.78, 5) is 15.5. The van der Waals surface area contributed by atoms with Crippen molar-refractivity contribution in [3.8, 4) is 0 Å². The van der Waals surface area contributed by atoms with Gasteiger partial charge in [0.2, 0.25) is 0 Å². The summed E-state index contributed by atoms with van der Waals surface area (Å²) in [6.07, 6.45) is 5.11. The number of aliphatic hydroxyl groups is 1. The molecule has 1 aromatic heterocycles. The van der Waals surface area contributed by atoms with E-state index in [9.17, 15) is 14.3 Å². The summed E-state index contributed by atoms with van der Waals surface area (Å²) in [5, 5.41) is 15.1. The van der Waals surface area contributed by atoms with Crippen molar-refractivity contribution in [3.63, 3.8) is 0 Å². The second-order valence-electron chi connectivity index (χ2n) is 4.86. The molecule has 0 unspecified atom stereocenters. The molecule has 0 saturated carbocycles. The maximum Gasteiger partial charge on any atom is 0.314 e. The Morgan fingerprint density at radius 3 is 3.00 bits per heavy atom. The van der Waals surface area contributed by atoms with E-state index in [1.807, 2.05) is 10.8 Å². The number of hydrogen-bond acceptors (Lipinski definition) is 3. The SMILES string of the molecule is O=C(NCCCn1ccnc1)NC[C@H](O)c1cccc(F)c1. The molecule has 2 aromatic rings. The molecule has 0 saturated heterocycles. The molecular formula is C15H19FN4O2. The van der Waals surface area contributed by atoms with Crippen LogP contribution < -0.4 is 10.6 Å². The van der Waals surface area contributed by atoms with Crippen LogP contribution in [0.5, 0.6) is 0 Å². The molecule has 7 heteroatoms. The van der Waals surface area contributed by atoms with Gasteiger partial charge in [-0.25, -0.2) is 14.2 Å². The van der Waals surface area contributed by atoms with E-state index in [1.54, 1.807) is 18.6 Å². The van der Waals surface area contributed by atoms with E-state index >= 15 is 0 Å². The van der Waals surface area contributed by atoms with Crippen molar-refractivity contribution in [1.82, 2.24) is 20.2 Å². The van der Waals surface area contributed by atoms with Crippen LogP contribution >= 0.6 is 0 Å². The van der Waals surface area contributed by atoms with E-state index in [0.717, 1.165) is 13.0 Å². The van der Waals surface area contributed by atoms with Gasteiger partial charge in [-0.05, 0) is 24.1 Å². The van der Waals surface area contributed by atoms with Crippen LogP contribution in [-0.2, 0) is 6.54 Å². The van der Waals surface area contributed by atoms with Crippen molar-refractivity contribution in [3.05, 3.63) is 54.4 Å². The fourth-order valence-electron chi connectivity index (χ4n) is 1.97. The van der Waals surface area contributed by atoms with Gasteiger partial charge in [-0.2, -0.15) is 0 Å². The Labute approximate surface area is 128 Å². The lowest BCUT2D eigenvalue weighted by Crippen LogP contribution is -2.38. The summed E-state index contributed by atoms with van der Waals surface area (Å²) in [6.45, 7) is 1.31. The molecule has 0 fully saturated rings. The lowest BCUT2D eigenvalue weighted by Gasteiger charge is -2.13. The molecule has 0 aliphatic heterocycles. The zero-order chi connectivity index (χ0) is 15.8. The molecule has 0 aliphatic rings. The lowest BCUT2D eigenvalue weighted by atomic mass is 10.1. The van der Waals surface area contributed by atoms with E-state index in [0.29, 0.717) is 12.1 Å². The third-order valence-electron chi connectivity index (χ3n) is 3.13. The van der Waals surface area contributed by atoms with Crippen LogP contribution in [0.15, 0.2) is 43.0 Å². The molecule has 0 spiro atoms. The maximum absolute atomic E-state index is 13.0. The number of carbonyl (C=O) groups is 1. The minimum atomic E-state index is -0.938. The molecule has 2 amide bonds. The van der Waals surface area contributed by atoms with Crippen molar-refractivity contribution in [2.45, 2.75) is 19.1 Å². The first-order valence-electron chi connectivity index (χ1n) is 7.06. The van der Waals surface area contributed by atoms with Crippen LogP contribution in [-0.4, -0.2) is 33.8 Å². The highest BCUT2D eigenvalue weighted by atomic mass is 19.1. The first kappa shape index (κ1) is 16.0. The van der Waals surface area contributed by atoms with Gasteiger partial charge in [0.05, 0.1) is 12.4 Å². The third kappa shape index (κ3) is 5.17. The summed E-state index contributed by atoms with van der Waals surface area (Å²) in [5.74, 6) is -0.416. The molecule has 1 aromatic carbocycles. The summed E-state index contributed by atoms with van der Waals surface area (Å²) < 4.78 is 15.0. The molecule has 0 aliphatic carbocycles. The van der Waals surface area contributed by atoms with Crippen molar-refractivity contribution < 1.29 is 14.3 Å². The second kappa shape index (κ2) is 8.14. The minimum absolute atomic E-state index is 0.0246. The Kier molecular flexibility index (Phi) is 5.91. The van der Waals surface area contributed by atoms with Gasteiger partial charge in [-0.1, -0.05) is 12.1 Å². The number of halogens is 1. The zero-order valence-corrected chi connectivity index (χ0v) is 12.1. The van der Waals surface area contributed by atoms with Gasteiger partial charge in [0.15, 0.2) is 0 Å². The highest BCUT2D eigenvalue weighted by molar-refractivity contribution is 5.73. The number of carbonyl (C=O) groups excluding carboxylic acids is 1. The predicted octanol–water partition coefficient (Wildman–Crippen LogP) is 1.45. The molecule has 1 heterocycles. The number of aliphatic hydroxyl groups excluding tert-OH is 1. The van der Waals surface area contributed by atoms with Crippen molar-refractivity contribution in [2.75, 3.05) is 13.1 Å². The largest absolute Gasteiger partial charge is 0.387 e. The number of imidazole rings is 1. The summed E-state index contributed by atoms with van der Waals surface area (Å²) in [6, 6.07) is 5.32. The van der Waals surface area contributed by atoms with Crippen LogP contribution in [0, 0.1) is 5.82 Å². The predicted molar refractivity (Wildman–Crippen MR) is 79.6 cm³/mol. The number of nitrogens with one attached hydrogen (secondary N) is 2. The van der Waals surface area contributed by atoms with E-state index in [2.05, 4.69) is 15.6 Å². The summed E-state index contributed by atoms with van der Waals surface area (Å²) in [5.41, 5.74) is 0.431. The molecule has 0 bridgehead atoms. The number of amides is 2. The van der Waals surface area contributed by atoms with E-state index in [4.69, 9.17) is 0 Å². The van der Waals surface area contributed by atoms with Gasteiger partial charge in [0, 0.05) is 32.0 Å². The second-order valence-corrected chi connectivity index (χ2v) is 4.86.